The number of nitrogens with zero attached hydrogens (tertiary/aromatic N) is 2. The minimum absolute atomic E-state index is 0.0285. The Morgan fingerprint density at radius 1 is 1.39 bits per heavy atom. The van der Waals surface area contributed by atoms with Crippen molar-refractivity contribution in [2.24, 2.45) is 5.92 Å². The normalized spacial score (nSPS) is 27.2. The van der Waals surface area contributed by atoms with Crippen LogP contribution in [0.3, 0.4) is 0 Å². The SMILES string of the molecule is O=C(c1csnn1)C1CCOC2(CCOCC2)C1. The van der Waals surface area contributed by atoms with Crippen molar-refractivity contribution < 1.29 is 14.3 Å². The van der Waals surface area contributed by atoms with Crippen LogP contribution in [-0.4, -0.2) is 40.8 Å². The summed E-state index contributed by atoms with van der Waals surface area (Å²) in [5, 5.41) is 5.61. The quantitative estimate of drug-likeness (QED) is 0.764. The van der Waals surface area contributed by atoms with E-state index < -0.39 is 0 Å². The van der Waals surface area contributed by atoms with Crippen molar-refractivity contribution in [2.75, 3.05) is 19.8 Å². The first kappa shape index (κ1) is 12.2. The topological polar surface area (TPSA) is 61.3 Å². The molecule has 5 nitrogen and oxygen atoms in total. The summed E-state index contributed by atoms with van der Waals surface area (Å²) in [7, 11) is 0. The third kappa shape index (κ3) is 2.32. The highest BCUT2D eigenvalue weighted by atomic mass is 32.1. The lowest BCUT2D eigenvalue weighted by Gasteiger charge is -2.42. The summed E-state index contributed by atoms with van der Waals surface area (Å²) in [5.74, 6) is 0.152. The fraction of sp³-hybridized carbons (Fsp3) is 0.750. The summed E-state index contributed by atoms with van der Waals surface area (Å²) in [6.45, 7) is 2.13. The molecule has 2 aliphatic heterocycles. The van der Waals surface area contributed by atoms with E-state index in [-0.39, 0.29) is 17.3 Å². The zero-order valence-corrected chi connectivity index (χ0v) is 10.9. The second kappa shape index (κ2) is 5.03. The Bertz CT molecular complexity index is 409. The average molecular weight is 268 g/mol. The first-order valence-electron chi connectivity index (χ1n) is 6.32. The molecule has 0 bridgehead atoms. The minimum Gasteiger partial charge on any atom is -0.381 e. The highest BCUT2D eigenvalue weighted by molar-refractivity contribution is 7.03. The maximum atomic E-state index is 12.3. The largest absolute Gasteiger partial charge is 0.381 e. The van der Waals surface area contributed by atoms with Gasteiger partial charge in [0.25, 0.3) is 0 Å². The summed E-state index contributed by atoms with van der Waals surface area (Å²) >= 11 is 1.23. The van der Waals surface area contributed by atoms with Crippen molar-refractivity contribution in [2.45, 2.75) is 31.3 Å². The van der Waals surface area contributed by atoms with Gasteiger partial charge < -0.3 is 9.47 Å². The average Bonchev–Trinajstić information content (AvgIpc) is 2.93. The van der Waals surface area contributed by atoms with Crippen molar-refractivity contribution in [3.63, 3.8) is 0 Å². The Morgan fingerprint density at radius 3 is 2.94 bits per heavy atom. The van der Waals surface area contributed by atoms with Gasteiger partial charge in [-0.2, -0.15) is 0 Å². The molecule has 1 spiro atoms. The van der Waals surface area contributed by atoms with Gasteiger partial charge in [-0.25, -0.2) is 0 Å². The lowest BCUT2D eigenvalue weighted by atomic mass is 9.79. The molecule has 2 saturated heterocycles. The predicted molar refractivity (Wildman–Crippen MR) is 65.7 cm³/mol. The molecule has 0 aromatic carbocycles. The summed E-state index contributed by atoms with van der Waals surface area (Å²) < 4.78 is 15.1. The van der Waals surface area contributed by atoms with Crippen LogP contribution in [0.2, 0.25) is 0 Å². The van der Waals surface area contributed by atoms with E-state index in [1.165, 1.54) is 11.5 Å². The minimum atomic E-state index is -0.139. The number of rotatable bonds is 2. The molecule has 0 radical (unpaired) electrons. The van der Waals surface area contributed by atoms with E-state index in [0.717, 1.165) is 38.9 Å². The number of hydrogen-bond donors (Lipinski definition) is 0. The summed E-state index contributed by atoms with van der Waals surface area (Å²) in [4.78, 5) is 12.3. The Kier molecular flexibility index (Phi) is 3.41. The molecule has 0 aliphatic carbocycles. The second-order valence-corrected chi connectivity index (χ2v) is 5.60. The van der Waals surface area contributed by atoms with Crippen LogP contribution < -0.4 is 0 Å². The molecular formula is C12H16N2O3S. The lowest BCUT2D eigenvalue weighted by molar-refractivity contribution is -0.142. The zero-order chi connectivity index (χ0) is 12.4. The molecule has 98 valence electrons. The van der Waals surface area contributed by atoms with Crippen LogP contribution in [-0.2, 0) is 9.47 Å². The molecule has 0 saturated carbocycles. The molecule has 18 heavy (non-hydrogen) atoms. The monoisotopic (exact) mass is 268 g/mol. The highest BCUT2D eigenvalue weighted by Crippen LogP contribution is 2.38. The van der Waals surface area contributed by atoms with Crippen LogP contribution in [0.4, 0.5) is 0 Å². The number of ether oxygens (including phenoxy) is 2. The van der Waals surface area contributed by atoms with Gasteiger partial charge in [-0.05, 0) is 37.2 Å². The van der Waals surface area contributed by atoms with Crippen molar-refractivity contribution in [1.82, 2.24) is 9.59 Å². The molecular weight excluding hydrogens is 252 g/mol. The number of Topliss-reactive ketones (excluding diaryl/α,β-unsaturated/α-hetero) is 1. The van der Waals surface area contributed by atoms with E-state index in [4.69, 9.17) is 9.47 Å². The third-order valence-electron chi connectivity index (χ3n) is 3.88. The fourth-order valence-electron chi connectivity index (χ4n) is 2.82. The van der Waals surface area contributed by atoms with E-state index in [1.54, 1.807) is 5.38 Å². The van der Waals surface area contributed by atoms with Crippen molar-refractivity contribution in [1.29, 1.82) is 0 Å². The van der Waals surface area contributed by atoms with Crippen LogP contribution in [0, 0.1) is 5.92 Å². The zero-order valence-electron chi connectivity index (χ0n) is 10.1. The standard InChI is InChI=1S/C12H16N2O3S/c15-11(10-8-18-14-13-10)9-1-4-17-12(7-9)2-5-16-6-3-12/h8-9H,1-7H2. The first-order valence-corrected chi connectivity index (χ1v) is 7.16. The van der Waals surface area contributed by atoms with E-state index in [9.17, 15) is 4.79 Å². The van der Waals surface area contributed by atoms with Gasteiger partial charge in [0.1, 0.15) is 5.69 Å². The lowest BCUT2D eigenvalue weighted by Crippen LogP contribution is -2.45. The maximum Gasteiger partial charge on any atom is 0.187 e. The third-order valence-corrected chi connectivity index (χ3v) is 4.38. The summed E-state index contributed by atoms with van der Waals surface area (Å²) in [6.07, 6.45) is 3.38. The number of carbonyl (C=O) groups is 1. The van der Waals surface area contributed by atoms with Gasteiger partial charge in [0.05, 0.1) is 5.60 Å². The maximum absolute atomic E-state index is 12.3. The van der Waals surface area contributed by atoms with Gasteiger partial charge in [-0.15, -0.1) is 5.10 Å². The van der Waals surface area contributed by atoms with Crippen LogP contribution in [0.15, 0.2) is 5.38 Å². The molecule has 6 heteroatoms. The molecule has 1 atom stereocenters. The first-order chi connectivity index (χ1) is 8.79. The van der Waals surface area contributed by atoms with Crippen molar-refractivity contribution >= 4 is 17.3 Å². The van der Waals surface area contributed by atoms with E-state index in [0.29, 0.717) is 12.3 Å². The predicted octanol–water partition coefficient (Wildman–Crippen LogP) is 1.70. The molecule has 1 aromatic rings. The van der Waals surface area contributed by atoms with Crippen LogP contribution in [0.1, 0.15) is 36.2 Å². The van der Waals surface area contributed by atoms with Gasteiger partial charge in [0.2, 0.25) is 0 Å². The molecule has 2 fully saturated rings. The number of aromatic nitrogens is 2. The number of ketones is 1. The number of hydrogen-bond acceptors (Lipinski definition) is 6. The van der Waals surface area contributed by atoms with E-state index >= 15 is 0 Å². The summed E-state index contributed by atoms with van der Waals surface area (Å²) in [5.41, 5.74) is 0.370. The smallest absolute Gasteiger partial charge is 0.187 e. The van der Waals surface area contributed by atoms with Crippen molar-refractivity contribution in [3.8, 4) is 0 Å². The second-order valence-electron chi connectivity index (χ2n) is 4.99. The molecule has 0 amide bonds. The van der Waals surface area contributed by atoms with Gasteiger partial charge in [0.15, 0.2) is 5.78 Å². The van der Waals surface area contributed by atoms with Crippen LogP contribution in [0.25, 0.3) is 0 Å². The molecule has 1 aromatic heterocycles. The Labute approximate surface area is 110 Å². The number of carbonyl (C=O) groups excluding carboxylic acids is 1. The molecule has 3 rings (SSSR count). The van der Waals surface area contributed by atoms with E-state index in [1.807, 2.05) is 0 Å². The van der Waals surface area contributed by atoms with Crippen molar-refractivity contribution in [3.05, 3.63) is 11.1 Å². The van der Waals surface area contributed by atoms with Gasteiger partial charge in [-0.1, -0.05) is 4.49 Å². The van der Waals surface area contributed by atoms with Crippen LogP contribution in [0.5, 0.6) is 0 Å². The van der Waals surface area contributed by atoms with Gasteiger partial charge in [0, 0.05) is 31.1 Å². The van der Waals surface area contributed by atoms with Gasteiger partial charge in [-0.3, -0.25) is 4.79 Å². The summed E-state index contributed by atoms with van der Waals surface area (Å²) in [6, 6.07) is 0. The molecule has 1 unspecified atom stereocenters. The highest BCUT2D eigenvalue weighted by Gasteiger charge is 2.41. The van der Waals surface area contributed by atoms with Crippen LogP contribution >= 0.6 is 11.5 Å². The molecule has 0 N–H and O–H groups in total. The Balaban J connectivity index is 1.72. The Hall–Kier alpha value is -0.850. The fourth-order valence-corrected chi connectivity index (χ4v) is 3.27. The van der Waals surface area contributed by atoms with Gasteiger partial charge >= 0.3 is 0 Å². The molecule has 3 heterocycles. The Morgan fingerprint density at radius 2 is 2.22 bits per heavy atom. The molecule has 2 aliphatic rings. The van der Waals surface area contributed by atoms with E-state index in [2.05, 4.69) is 9.59 Å².